The number of hydrogen-bond donors (Lipinski definition) is 1. The normalized spacial score (nSPS) is 20.6. The largest absolute Gasteiger partial charge is 0.374 e. The first-order valence-electron chi connectivity index (χ1n) is 6.49. The lowest BCUT2D eigenvalue weighted by Gasteiger charge is -2.37. The number of hydrogen-bond acceptors (Lipinski definition) is 4. The number of rotatable bonds is 6. The van der Waals surface area contributed by atoms with Crippen molar-refractivity contribution in [3.8, 4) is 0 Å². The van der Waals surface area contributed by atoms with E-state index in [4.69, 9.17) is 4.74 Å². The van der Waals surface area contributed by atoms with E-state index in [-0.39, 0.29) is 5.60 Å². The van der Waals surface area contributed by atoms with Crippen LogP contribution in [-0.4, -0.2) is 30.3 Å². The molecule has 0 bridgehead atoms. The Bertz CT molecular complexity index is 320. The summed E-state index contributed by atoms with van der Waals surface area (Å²) in [7, 11) is 2.05. The predicted molar refractivity (Wildman–Crippen MR) is 71.5 cm³/mol. The average molecular weight is 254 g/mol. The molecule has 4 heteroatoms. The molecule has 1 aromatic heterocycles. The first-order chi connectivity index (χ1) is 8.30. The van der Waals surface area contributed by atoms with Gasteiger partial charge in [0, 0.05) is 30.1 Å². The lowest BCUT2D eigenvalue weighted by Crippen LogP contribution is -2.51. The van der Waals surface area contributed by atoms with Gasteiger partial charge in [-0.05, 0) is 26.8 Å². The highest BCUT2D eigenvalue weighted by atomic mass is 32.1. The molecule has 0 radical (unpaired) electrons. The van der Waals surface area contributed by atoms with Crippen LogP contribution < -0.4 is 5.32 Å². The molecule has 1 aliphatic carbocycles. The van der Waals surface area contributed by atoms with E-state index in [2.05, 4.69) is 17.2 Å². The zero-order chi connectivity index (χ0) is 12.1. The quantitative estimate of drug-likeness (QED) is 0.847. The summed E-state index contributed by atoms with van der Waals surface area (Å²) < 4.78 is 6.11. The van der Waals surface area contributed by atoms with Gasteiger partial charge in [0.15, 0.2) is 0 Å². The maximum absolute atomic E-state index is 6.11. The third-order valence-electron chi connectivity index (χ3n) is 3.75. The summed E-state index contributed by atoms with van der Waals surface area (Å²) >= 11 is 1.74. The molecule has 1 aliphatic rings. The molecule has 3 nitrogen and oxygen atoms in total. The molecule has 1 aromatic rings. The highest BCUT2D eigenvalue weighted by Crippen LogP contribution is 2.37. The van der Waals surface area contributed by atoms with Crippen LogP contribution in [0.3, 0.4) is 0 Å². The summed E-state index contributed by atoms with van der Waals surface area (Å²) in [4.78, 5) is 5.50. The summed E-state index contributed by atoms with van der Waals surface area (Å²) in [5.74, 6) is 0. The molecule has 1 unspecified atom stereocenters. The molecule has 1 atom stereocenters. The van der Waals surface area contributed by atoms with Gasteiger partial charge in [-0.1, -0.05) is 12.8 Å². The Hall–Kier alpha value is -0.450. The van der Waals surface area contributed by atoms with Gasteiger partial charge in [0.25, 0.3) is 0 Å². The van der Waals surface area contributed by atoms with Crippen molar-refractivity contribution >= 4 is 11.3 Å². The van der Waals surface area contributed by atoms with Crippen molar-refractivity contribution in [1.29, 1.82) is 0 Å². The Morgan fingerprint density at radius 3 is 2.82 bits per heavy atom. The first-order valence-corrected chi connectivity index (χ1v) is 7.37. The minimum Gasteiger partial charge on any atom is -0.374 e. The summed E-state index contributed by atoms with van der Waals surface area (Å²) in [6.07, 6.45) is 7.96. The summed E-state index contributed by atoms with van der Waals surface area (Å²) in [5.41, 5.74) is 1.96. The molecule has 0 amide bonds. The lowest BCUT2D eigenvalue weighted by molar-refractivity contribution is -0.0595. The Kier molecular flexibility index (Phi) is 4.54. The minimum absolute atomic E-state index is 0.0491. The van der Waals surface area contributed by atoms with Crippen LogP contribution in [-0.2, 0) is 11.2 Å². The third kappa shape index (κ3) is 2.87. The van der Waals surface area contributed by atoms with E-state index < -0.39 is 0 Å². The van der Waals surface area contributed by atoms with E-state index in [1.165, 1.54) is 30.6 Å². The van der Waals surface area contributed by atoms with Crippen LogP contribution in [0.2, 0.25) is 0 Å². The zero-order valence-corrected chi connectivity index (χ0v) is 11.6. The van der Waals surface area contributed by atoms with Gasteiger partial charge in [-0.15, -0.1) is 11.3 Å². The number of thiazole rings is 1. The van der Waals surface area contributed by atoms with E-state index in [0.29, 0.717) is 6.04 Å². The molecule has 96 valence electrons. The number of ether oxygens (including phenoxy) is 1. The molecule has 1 heterocycles. The summed E-state index contributed by atoms with van der Waals surface area (Å²) in [6, 6.07) is 0.408. The second kappa shape index (κ2) is 5.94. The molecule has 17 heavy (non-hydrogen) atoms. The van der Waals surface area contributed by atoms with Gasteiger partial charge in [-0.25, -0.2) is 0 Å². The van der Waals surface area contributed by atoms with Crippen molar-refractivity contribution in [2.45, 2.75) is 50.7 Å². The zero-order valence-electron chi connectivity index (χ0n) is 10.7. The van der Waals surface area contributed by atoms with Crippen LogP contribution in [0, 0.1) is 0 Å². The smallest absolute Gasteiger partial charge is 0.0838 e. The van der Waals surface area contributed by atoms with Crippen molar-refractivity contribution in [2.24, 2.45) is 0 Å². The van der Waals surface area contributed by atoms with E-state index in [1.54, 1.807) is 11.3 Å². The van der Waals surface area contributed by atoms with Gasteiger partial charge >= 0.3 is 0 Å². The molecule has 1 N–H and O–H groups in total. The summed E-state index contributed by atoms with van der Waals surface area (Å²) in [5, 5.41) is 3.46. The molecule has 0 aromatic carbocycles. The maximum atomic E-state index is 6.11. The monoisotopic (exact) mass is 254 g/mol. The molecule has 0 saturated heterocycles. The van der Waals surface area contributed by atoms with Crippen LogP contribution >= 0.6 is 11.3 Å². The van der Waals surface area contributed by atoms with Crippen LogP contribution in [0.4, 0.5) is 0 Å². The third-order valence-corrected chi connectivity index (χ3v) is 4.56. The van der Waals surface area contributed by atoms with Crippen molar-refractivity contribution in [2.75, 3.05) is 13.7 Å². The van der Waals surface area contributed by atoms with Gasteiger partial charge in [0.2, 0.25) is 0 Å². The highest BCUT2D eigenvalue weighted by Gasteiger charge is 2.41. The van der Waals surface area contributed by atoms with Gasteiger partial charge in [-0.3, -0.25) is 4.98 Å². The maximum Gasteiger partial charge on any atom is 0.0838 e. The molecular weight excluding hydrogens is 232 g/mol. The van der Waals surface area contributed by atoms with Crippen molar-refractivity contribution < 1.29 is 4.74 Å². The van der Waals surface area contributed by atoms with Gasteiger partial charge in [-0.2, -0.15) is 0 Å². The molecule has 1 saturated carbocycles. The number of nitrogens with one attached hydrogen (secondary N) is 1. The van der Waals surface area contributed by atoms with E-state index in [0.717, 1.165) is 13.0 Å². The van der Waals surface area contributed by atoms with Crippen LogP contribution in [0.5, 0.6) is 0 Å². The molecule has 1 fully saturated rings. The number of likely N-dealkylation sites (N-methyl/N-ethyl adjacent to an activating group) is 1. The fourth-order valence-electron chi connectivity index (χ4n) is 2.95. The standard InChI is InChI=1S/C13H22N2OS/c1-3-16-13(6-4-5-7-13)12(14-2)8-11-9-15-10-17-11/h9-10,12,14H,3-8H2,1-2H3. The van der Waals surface area contributed by atoms with Crippen LogP contribution in [0.1, 0.15) is 37.5 Å². The minimum atomic E-state index is 0.0491. The fraction of sp³-hybridized carbons (Fsp3) is 0.769. The van der Waals surface area contributed by atoms with Crippen LogP contribution in [0.15, 0.2) is 11.7 Å². The SMILES string of the molecule is CCOC1(C(Cc2cncs2)NC)CCCC1. The Morgan fingerprint density at radius 1 is 1.53 bits per heavy atom. The first kappa shape index (κ1) is 13.0. The van der Waals surface area contributed by atoms with Crippen LogP contribution in [0.25, 0.3) is 0 Å². The number of nitrogens with zero attached hydrogens (tertiary/aromatic N) is 1. The van der Waals surface area contributed by atoms with Gasteiger partial charge < -0.3 is 10.1 Å². The van der Waals surface area contributed by atoms with Gasteiger partial charge in [0.05, 0.1) is 11.1 Å². The van der Waals surface area contributed by atoms with E-state index in [1.807, 2.05) is 18.8 Å². The molecule has 2 rings (SSSR count). The summed E-state index contributed by atoms with van der Waals surface area (Å²) in [6.45, 7) is 2.90. The fourth-order valence-corrected chi connectivity index (χ4v) is 3.59. The number of aromatic nitrogens is 1. The Balaban J connectivity index is 2.09. The molecule has 0 spiro atoms. The van der Waals surface area contributed by atoms with E-state index >= 15 is 0 Å². The highest BCUT2D eigenvalue weighted by molar-refractivity contribution is 7.09. The second-order valence-corrected chi connectivity index (χ2v) is 5.69. The lowest BCUT2D eigenvalue weighted by atomic mass is 9.89. The van der Waals surface area contributed by atoms with Crippen molar-refractivity contribution in [3.05, 3.63) is 16.6 Å². The second-order valence-electron chi connectivity index (χ2n) is 4.72. The Labute approximate surface area is 108 Å². The Morgan fingerprint density at radius 2 is 2.29 bits per heavy atom. The predicted octanol–water partition coefficient (Wildman–Crippen LogP) is 2.62. The van der Waals surface area contributed by atoms with Crippen molar-refractivity contribution in [3.63, 3.8) is 0 Å². The average Bonchev–Trinajstić information content (AvgIpc) is 2.97. The van der Waals surface area contributed by atoms with Crippen molar-refractivity contribution in [1.82, 2.24) is 10.3 Å². The molecular formula is C13H22N2OS. The van der Waals surface area contributed by atoms with E-state index in [9.17, 15) is 0 Å². The van der Waals surface area contributed by atoms with Gasteiger partial charge in [0.1, 0.15) is 0 Å². The topological polar surface area (TPSA) is 34.1 Å². The molecule has 0 aliphatic heterocycles.